The summed E-state index contributed by atoms with van der Waals surface area (Å²) in [6, 6.07) is 14.7. The molecule has 150 valence electrons. The summed E-state index contributed by atoms with van der Waals surface area (Å²) in [5, 5.41) is 11.3. The zero-order valence-electron chi connectivity index (χ0n) is 16.7. The van der Waals surface area contributed by atoms with E-state index < -0.39 is 16.1 Å². The van der Waals surface area contributed by atoms with E-state index >= 15 is 0 Å². The van der Waals surface area contributed by atoms with Crippen LogP contribution in [0.1, 0.15) is 44.7 Å². The first-order valence-electron chi connectivity index (χ1n) is 9.44. The molecule has 6 heteroatoms. The molecule has 5 nitrogen and oxygen atoms in total. The number of nitrogens with one attached hydrogen (secondary N) is 2. The number of aromatic nitrogens is 1. The lowest BCUT2D eigenvalue weighted by molar-refractivity contribution is 0.163. The SMILES string of the molecule is CC(O)C(CNS(=O)(=O)c1ccc(C(C)(C)C)cc1)c1c[nH]c2ccccc12. The Morgan fingerprint density at radius 3 is 2.32 bits per heavy atom. The van der Waals surface area contributed by atoms with Gasteiger partial charge in [0.25, 0.3) is 0 Å². The van der Waals surface area contributed by atoms with Gasteiger partial charge in [-0.3, -0.25) is 0 Å². The highest BCUT2D eigenvalue weighted by Gasteiger charge is 2.24. The van der Waals surface area contributed by atoms with Crippen LogP contribution in [0.15, 0.2) is 59.6 Å². The maximum atomic E-state index is 12.8. The molecule has 3 aromatic rings. The summed E-state index contributed by atoms with van der Waals surface area (Å²) >= 11 is 0. The van der Waals surface area contributed by atoms with Gasteiger partial charge in [0.1, 0.15) is 0 Å². The number of aromatic amines is 1. The monoisotopic (exact) mass is 400 g/mol. The quantitative estimate of drug-likeness (QED) is 0.587. The fourth-order valence-electron chi connectivity index (χ4n) is 3.36. The molecule has 3 rings (SSSR count). The number of aliphatic hydroxyl groups is 1. The van der Waals surface area contributed by atoms with Gasteiger partial charge in [-0.05, 0) is 41.7 Å². The Morgan fingerprint density at radius 2 is 1.71 bits per heavy atom. The molecule has 2 unspecified atom stereocenters. The van der Waals surface area contributed by atoms with Gasteiger partial charge in [-0.1, -0.05) is 51.1 Å². The zero-order chi connectivity index (χ0) is 20.5. The average Bonchev–Trinajstić information content (AvgIpc) is 3.05. The largest absolute Gasteiger partial charge is 0.393 e. The second-order valence-electron chi connectivity index (χ2n) is 8.26. The number of sulfonamides is 1. The van der Waals surface area contributed by atoms with Crippen molar-refractivity contribution in [2.75, 3.05) is 6.54 Å². The van der Waals surface area contributed by atoms with Crippen molar-refractivity contribution in [3.63, 3.8) is 0 Å². The maximum absolute atomic E-state index is 12.8. The lowest BCUT2D eigenvalue weighted by Crippen LogP contribution is -2.32. The number of hydrogen-bond donors (Lipinski definition) is 3. The first kappa shape index (κ1) is 20.6. The van der Waals surface area contributed by atoms with Crippen LogP contribution in [0, 0.1) is 0 Å². The van der Waals surface area contributed by atoms with E-state index in [1.165, 1.54) is 0 Å². The van der Waals surface area contributed by atoms with Gasteiger partial charge in [0.05, 0.1) is 11.0 Å². The average molecular weight is 401 g/mol. The number of rotatable bonds is 6. The van der Waals surface area contributed by atoms with Gasteiger partial charge < -0.3 is 10.1 Å². The molecule has 0 saturated heterocycles. The first-order valence-corrected chi connectivity index (χ1v) is 10.9. The standard InChI is InChI=1S/C22H28N2O3S/c1-15(25)19(20-13-23-21-8-6-5-7-18(20)21)14-24-28(26,27)17-11-9-16(10-12-17)22(2,3)4/h5-13,15,19,23-25H,14H2,1-4H3. The summed E-state index contributed by atoms with van der Waals surface area (Å²) in [5.41, 5.74) is 2.90. The van der Waals surface area contributed by atoms with Crippen LogP contribution in [-0.2, 0) is 15.4 Å². The summed E-state index contributed by atoms with van der Waals surface area (Å²) < 4.78 is 28.2. The Kier molecular flexibility index (Phi) is 5.66. The number of fused-ring (bicyclic) bond motifs is 1. The highest BCUT2D eigenvalue weighted by atomic mass is 32.2. The molecule has 1 aromatic heterocycles. The number of benzene rings is 2. The summed E-state index contributed by atoms with van der Waals surface area (Å²) in [6.45, 7) is 8.05. The van der Waals surface area contributed by atoms with Gasteiger partial charge >= 0.3 is 0 Å². The highest BCUT2D eigenvalue weighted by molar-refractivity contribution is 7.89. The van der Waals surface area contributed by atoms with E-state index in [1.54, 1.807) is 19.1 Å². The number of aliphatic hydroxyl groups excluding tert-OH is 1. The van der Waals surface area contributed by atoms with Crippen molar-refractivity contribution in [2.24, 2.45) is 0 Å². The van der Waals surface area contributed by atoms with Crippen molar-refractivity contribution < 1.29 is 13.5 Å². The van der Waals surface area contributed by atoms with Crippen molar-refractivity contribution in [1.29, 1.82) is 0 Å². The molecule has 28 heavy (non-hydrogen) atoms. The molecule has 0 spiro atoms. The Balaban J connectivity index is 1.81. The topological polar surface area (TPSA) is 82.2 Å². The highest BCUT2D eigenvalue weighted by Crippen LogP contribution is 2.28. The predicted octanol–water partition coefficient (Wildman–Crippen LogP) is 3.91. The molecule has 3 N–H and O–H groups in total. The maximum Gasteiger partial charge on any atom is 0.240 e. The molecule has 0 radical (unpaired) electrons. The Hall–Kier alpha value is -2.15. The van der Waals surface area contributed by atoms with Crippen LogP contribution in [0.4, 0.5) is 0 Å². The lowest BCUT2D eigenvalue weighted by atomic mass is 9.87. The second kappa shape index (κ2) is 7.70. The van der Waals surface area contributed by atoms with E-state index in [1.807, 2.05) is 42.6 Å². The molecular formula is C22H28N2O3S. The van der Waals surface area contributed by atoms with Crippen LogP contribution in [0.2, 0.25) is 0 Å². The minimum Gasteiger partial charge on any atom is -0.393 e. The normalized spacial score (nSPS) is 14.9. The summed E-state index contributed by atoms with van der Waals surface area (Å²) in [5.74, 6) is -0.361. The molecule has 0 aliphatic rings. The number of para-hydroxylation sites is 1. The third-order valence-electron chi connectivity index (χ3n) is 5.13. The molecular weight excluding hydrogens is 372 g/mol. The Morgan fingerprint density at radius 1 is 1.07 bits per heavy atom. The minimum absolute atomic E-state index is 0.0392. The fraction of sp³-hybridized carbons (Fsp3) is 0.364. The van der Waals surface area contributed by atoms with Crippen LogP contribution < -0.4 is 4.72 Å². The molecule has 2 atom stereocenters. The molecule has 1 heterocycles. The second-order valence-corrected chi connectivity index (χ2v) is 10.0. The van der Waals surface area contributed by atoms with Crippen LogP contribution in [0.5, 0.6) is 0 Å². The molecule has 0 fully saturated rings. The van der Waals surface area contributed by atoms with Gasteiger partial charge in [0, 0.05) is 29.6 Å². The van der Waals surface area contributed by atoms with Gasteiger partial charge in [-0.15, -0.1) is 0 Å². The minimum atomic E-state index is -3.67. The van der Waals surface area contributed by atoms with Crippen LogP contribution >= 0.6 is 0 Å². The first-order chi connectivity index (χ1) is 13.1. The lowest BCUT2D eigenvalue weighted by Gasteiger charge is -2.21. The molecule has 0 amide bonds. The predicted molar refractivity (Wildman–Crippen MR) is 113 cm³/mol. The van der Waals surface area contributed by atoms with Gasteiger partial charge in [0.2, 0.25) is 10.0 Å². The van der Waals surface area contributed by atoms with E-state index in [0.29, 0.717) is 0 Å². The third-order valence-corrected chi connectivity index (χ3v) is 6.57. The molecule has 0 aliphatic carbocycles. The Bertz CT molecular complexity index is 1050. The molecule has 0 aliphatic heterocycles. The number of H-pyrrole nitrogens is 1. The van der Waals surface area contributed by atoms with Crippen LogP contribution in [0.25, 0.3) is 10.9 Å². The van der Waals surface area contributed by atoms with E-state index in [-0.39, 0.29) is 22.8 Å². The third kappa shape index (κ3) is 4.29. The van der Waals surface area contributed by atoms with E-state index in [9.17, 15) is 13.5 Å². The summed E-state index contributed by atoms with van der Waals surface area (Å²) in [4.78, 5) is 3.41. The molecule has 0 bridgehead atoms. The van der Waals surface area contributed by atoms with Crippen molar-refractivity contribution in [3.8, 4) is 0 Å². The summed E-state index contributed by atoms with van der Waals surface area (Å²) in [6.07, 6.45) is 1.14. The van der Waals surface area contributed by atoms with Crippen LogP contribution in [0.3, 0.4) is 0 Å². The Labute approximate surface area is 166 Å². The van der Waals surface area contributed by atoms with Gasteiger partial charge in [-0.2, -0.15) is 0 Å². The van der Waals surface area contributed by atoms with Crippen molar-refractivity contribution >= 4 is 20.9 Å². The van der Waals surface area contributed by atoms with Crippen molar-refractivity contribution in [3.05, 3.63) is 65.9 Å². The van der Waals surface area contributed by atoms with E-state index in [2.05, 4.69) is 30.5 Å². The molecule has 2 aromatic carbocycles. The fourth-order valence-corrected chi connectivity index (χ4v) is 4.42. The van der Waals surface area contributed by atoms with E-state index in [4.69, 9.17) is 0 Å². The number of hydrogen-bond acceptors (Lipinski definition) is 3. The molecule has 0 saturated carbocycles. The van der Waals surface area contributed by atoms with Gasteiger partial charge in [0.15, 0.2) is 0 Å². The van der Waals surface area contributed by atoms with Crippen molar-refractivity contribution in [1.82, 2.24) is 9.71 Å². The van der Waals surface area contributed by atoms with Gasteiger partial charge in [-0.25, -0.2) is 13.1 Å². The summed E-state index contributed by atoms with van der Waals surface area (Å²) in [7, 11) is -3.67. The smallest absolute Gasteiger partial charge is 0.240 e. The zero-order valence-corrected chi connectivity index (χ0v) is 17.5. The van der Waals surface area contributed by atoms with E-state index in [0.717, 1.165) is 22.0 Å². The van der Waals surface area contributed by atoms with Crippen LogP contribution in [-0.4, -0.2) is 31.2 Å². The van der Waals surface area contributed by atoms with Crippen molar-refractivity contribution in [2.45, 2.75) is 50.0 Å².